The molecule has 5 heteroatoms. The van der Waals surface area contributed by atoms with Gasteiger partial charge in [-0.05, 0) is 72.4 Å². The van der Waals surface area contributed by atoms with Gasteiger partial charge >= 0.3 is 0 Å². The van der Waals surface area contributed by atoms with Crippen molar-refractivity contribution < 1.29 is 0 Å². The van der Waals surface area contributed by atoms with E-state index in [1.54, 1.807) is 0 Å². The van der Waals surface area contributed by atoms with E-state index in [1.165, 1.54) is 38.5 Å². The number of hydrogen-bond donors (Lipinski definition) is 1. The maximum Gasteiger partial charge on any atom is 0.0706 e. The van der Waals surface area contributed by atoms with E-state index < -0.39 is 0 Å². The Bertz CT molecular complexity index is 267. The molecule has 0 aromatic rings. The molecule has 0 saturated heterocycles. The summed E-state index contributed by atoms with van der Waals surface area (Å²) in [6.07, 6.45) is 10.3. The largest absolute Gasteiger partial charge is 0.259 e. The van der Waals surface area contributed by atoms with Crippen molar-refractivity contribution in [3.63, 3.8) is 0 Å². The minimum atomic E-state index is 0.0589. The van der Waals surface area contributed by atoms with Crippen molar-refractivity contribution in [2.75, 3.05) is 0 Å². The Balaban J connectivity index is 1.72. The van der Waals surface area contributed by atoms with Crippen LogP contribution in [0.2, 0.25) is 0 Å². The maximum absolute atomic E-state index is 7.05. The summed E-state index contributed by atoms with van der Waals surface area (Å²) >= 11 is 2.64. The van der Waals surface area contributed by atoms with Gasteiger partial charge in [0.15, 0.2) is 0 Å². The number of rotatable bonds is 3. The molecule has 0 unspecified atom stereocenters. The molecule has 0 aromatic heterocycles. The van der Waals surface area contributed by atoms with E-state index in [2.05, 4.69) is 27.7 Å². The molecule has 2 fully saturated rings. The fourth-order valence-corrected chi connectivity index (χ4v) is 6.02. The molecule has 17 heavy (non-hydrogen) atoms. The molecule has 0 aromatic carbocycles. The molecular weight excluding hydrogens is 440 g/mol. The van der Waals surface area contributed by atoms with Gasteiger partial charge in [0.2, 0.25) is 0 Å². The van der Waals surface area contributed by atoms with Crippen molar-refractivity contribution in [2.24, 2.45) is 8.26 Å². The van der Waals surface area contributed by atoms with Crippen LogP contribution in [0.15, 0.2) is 8.26 Å². The van der Waals surface area contributed by atoms with Gasteiger partial charge in [-0.25, -0.2) is 5.53 Å². The van der Waals surface area contributed by atoms with Crippen LogP contribution < -0.4 is 0 Å². The Hall–Kier alpha value is 0.860. The van der Waals surface area contributed by atoms with E-state index in [1.807, 2.05) is 0 Å². The zero-order valence-electron chi connectivity index (χ0n) is 10.1. The van der Waals surface area contributed by atoms with Crippen molar-refractivity contribution >= 4 is 43.6 Å². The van der Waals surface area contributed by atoms with Gasteiger partial charge in [-0.3, -0.25) is 3.15 Å². The van der Waals surface area contributed by atoms with Crippen molar-refractivity contribution in [3.8, 4) is 0 Å². The van der Waals surface area contributed by atoms with Crippen molar-refractivity contribution in [1.82, 2.24) is 0 Å². The second-order valence-electron chi connectivity index (χ2n) is 5.14. The number of hydrogen-bond acceptors (Lipinski definition) is 3. The minimum absolute atomic E-state index is 0.0589. The molecule has 2 aliphatic carbocycles. The molecule has 0 aliphatic heterocycles. The summed E-state index contributed by atoms with van der Waals surface area (Å²) in [6, 6.07) is 1.04. The first-order chi connectivity index (χ1) is 8.28. The van der Waals surface area contributed by atoms with Gasteiger partial charge in [-0.15, -0.1) is 0 Å². The molecule has 2 rings (SSSR count). The maximum atomic E-state index is 7.05. The molecule has 0 heterocycles. The third kappa shape index (κ3) is 4.80. The van der Waals surface area contributed by atoms with Gasteiger partial charge in [0, 0.05) is 7.85 Å². The molecular formula is C12H21I2N3. The second-order valence-corrected chi connectivity index (χ2v) is 9.77. The summed E-state index contributed by atoms with van der Waals surface area (Å²) in [7, 11) is 0. The van der Waals surface area contributed by atoms with Crippen molar-refractivity contribution in [3.05, 3.63) is 0 Å². The molecule has 0 atom stereocenters. The van der Waals surface area contributed by atoms with Crippen LogP contribution in [0, 0.1) is 5.53 Å². The fraction of sp³-hybridized carbons (Fsp3) is 1.00. The van der Waals surface area contributed by atoms with Gasteiger partial charge in [-0.2, -0.15) is 5.11 Å². The summed E-state index contributed by atoms with van der Waals surface area (Å²) in [4.78, 5) is 0. The van der Waals surface area contributed by atoms with E-state index in [-0.39, 0.29) is 21.0 Å². The van der Waals surface area contributed by atoms with Gasteiger partial charge < -0.3 is 0 Å². The first kappa shape index (κ1) is 14.3. The average Bonchev–Trinajstić information content (AvgIpc) is 2.39. The standard InChI is InChI=1S/C12H21I2N3/c13-9-1-5-11(6-2-9)16-14-10-3-7-12(17-15)8-4-10/h9-12,15H,1-8H2. The first-order valence-corrected chi connectivity index (χ1v) is 10.1. The van der Waals surface area contributed by atoms with E-state index in [4.69, 9.17) is 8.68 Å². The Kier molecular flexibility index (Phi) is 6.25. The van der Waals surface area contributed by atoms with E-state index in [9.17, 15) is 0 Å². The molecule has 2 aliphatic rings. The molecule has 0 bridgehead atoms. The molecule has 98 valence electrons. The van der Waals surface area contributed by atoms with Crippen LogP contribution in [-0.4, -0.2) is 19.9 Å². The zero-order chi connectivity index (χ0) is 12.1. The third-order valence-corrected chi connectivity index (χ3v) is 8.16. The Morgan fingerprint density at radius 1 is 0.882 bits per heavy atom. The topological polar surface area (TPSA) is 48.6 Å². The molecule has 2 saturated carbocycles. The Morgan fingerprint density at radius 2 is 1.47 bits per heavy atom. The monoisotopic (exact) mass is 461 g/mol. The average molecular weight is 461 g/mol. The van der Waals surface area contributed by atoms with Gasteiger partial charge in [0.1, 0.15) is 0 Å². The quantitative estimate of drug-likeness (QED) is 0.340. The summed E-state index contributed by atoms with van der Waals surface area (Å²) < 4.78 is 6.82. The summed E-state index contributed by atoms with van der Waals surface area (Å²) in [5.41, 5.74) is 7.05. The molecule has 0 amide bonds. The number of nitrogens with zero attached hydrogens (tertiary/aromatic N) is 2. The lowest BCUT2D eigenvalue weighted by Gasteiger charge is -2.24. The van der Waals surface area contributed by atoms with E-state index in [0.717, 1.165) is 20.7 Å². The van der Waals surface area contributed by atoms with Crippen molar-refractivity contribution in [1.29, 1.82) is 5.53 Å². The molecule has 0 spiro atoms. The minimum Gasteiger partial charge on any atom is -0.259 e. The highest BCUT2D eigenvalue weighted by molar-refractivity contribution is 14.2. The lowest BCUT2D eigenvalue weighted by Crippen LogP contribution is -2.18. The molecule has 3 nitrogen and oxygen atoms in total. The number of alkyl halides is 2. The third-order valence-electron chi connectivity index (χ3n) is 3.77. The van der Waals surface area contributed by atoms with Crippen LogP contribution in [0.4, 0.5) is 0 Å². The van der Waals surface area contributed by atoms with Crippen LogP contribution in [0.25, 0.3) is 0 Å². The van der Waals surface area contributed by atoms with Crippen LogP contribution in [-0.2, 0) is 0 Å². The predicted octanol–water partition coefficient (Wildman–Crippen LogP) is 5.23. The predicted molar refractivity (Wildman–Crippen MR) is 87.7 cm³/mol. The van der Waals surface area contributed by atoms with Gasteiger partial charge in [0.25, 0.3) is 0 Å². The fourth-order valence-electron chi connectivity index (χ4n) is 2.55. The lowest BCUT2D eigenvalue weighted by atomic mass is 9.96. The highest BCUT2D eigenvalue weighted by atomic mass is 127. The first-order valence-electron chi connectivity index (χ1n) is 6.61. The lowest BCUT2D eigenvalue weighted by molar-refractivity contribution is 0.442. The van der Waals surface area contributed by atoms with Crippen molar-refractivity contribution in [2.45, 2.75) is 71.3 Å². The molecule has 1 N–H and O–H groups in total. The Labute approximate surface area is 128 Å². The normalized spacial score (nSPS) is 39.8. The highest BCUT2D eigenvalue weighted by Crippen LogP contribution is 2.34. The zero-order valence-corrected chi connectivity index (χ0v) is 14.4. The second kappa shape index (κ2) is 7.45. The van der Waals surface area contributed by atoms with Gasteiger partial charge in [-0.1, -0.05) is 22.6 Å². The number of halogens is 2. The Morgan fingerprint density at radius 3 is 2.06 bits per heavy atom. The highest BCUT2D eigenvalue weighted by Gasteiger charge is 2.21. The van der Waals surface area contributed by atoms with Crippen LogP contribution >= 0.6 is 43.6 Å². The molecule has 0 radical (unpaired) electrons. The summed E-state index contributed by atoms with van der Waals surface area (Å²) in [6.45, 7) is 0. The smallest absolute Gasteiger partial charge is 0.0706 e. The SMILES string of the molecule is N=NC1CCC(I=NC2CCC(I)CC2)CC1. The van der Waals surface area contributed by atoms with E-state index >= 15 is 0 Å². The van der Waals surface area contributed by atoms with E-state index in [0.29, 0.717) is 12.1 Å². The summed E-state index contributed by atoms with van der Waals surface area (Å²) in [5, 5.41) is 3.67. The van der Waals surface area contributed by atoms with Crippen LogP contribution in [0.3, 0.4) is 0 Å². The van der Waals surface area contributed by atoms with Crippen LogP contribution in [0.1, 0.15) is 51.4 Å². The van der Waals surface area contributed by atoms with Gasteiger partial charge in [0.05, 0.1) is 12.1 Å². The summed E-state index contributed by atoms with van der Waals surface area (Å²) in [5.74, 6) is 0. The number of nitrogens with one attached hydrogen (secondary N) is 1. The van der Waals surface area contributed by atoms with Crippen LogP contribution in [0.5, 0.6) is 0 Å².